The maximum Gasteiger partial charge on any atom is 0.286 e. The fraction of sp³-hybridized carbons (Fsp3) is 0.286. The zero-order chi connectivity index (χ0) is 15.0. The summed E-state index contributed by atoms with van der Waals surface area (Å²) in [5.74, 6) is 0.731. The van der Waals surface area contributed by atoms with Crippen molar-refractivity contribution in [2.75, 3.05) is 5.32 Å². The number of amides is 1. The zero-order valence-electron chi connectivity index (χ0n) is 12.0. The molecule has 0 aliphatic rings. The number of fused-ring (bicyclic) bond motifs is 1. The summed E-state index contributed by atoms with van der Waals surface area (Å²) < 4.78 is 1.64. The average molecular weight is 301 g/mol. The Morgan fingerprint density at radius 1 is 1.24 bits per heavy atom. The number of nitrogens with one attached hydrogen (secondary N) is 1. The van der Waals surface area contributed by atoms with E-state index in [4.69, 9.17) is 0 Å². The molecule has 6 nitrogen and oxygen atoms in total. The van der Waals surface area contributed by atoms with Crippen molar-refractivity contribution in [3.05, 3.63) is 40.7 Å². The van der Waals surface area contributed by atoms with Crippen LogP contribution in [-0.2, 0) is 0 Å². The molecule has 0 bridgehead atoms. The minimum atomic E-state index is -0.232. The highest BCUT2D eigenvalue weighted by atomic mass is 32.1. The van der Waals surface area contributed by atoms with E-state index in [1.54, 1.807) is 4.52 Å². The Morgan fingerprint density at radius 2 is 1.95 bits per heavy atom. The number of benzene rings is 1. The van der Waals surface area contributed by atoms with E-state index in [1.807, 2.05) is 45.0 Å². The third-order valence-corrected chi connectivity index (χ3v) is 3.93. The largest absolute Gasteiger partial charge is 0.320 e. The van der Waals surface area contributed by atoms with Crippen LogP contribution in [0, 0.1) is 6.92 Å². The first-order valence-corrected chi connectivity index (χ1v) is 7.46. The second-order valence-electron chi connectivity index (χ2n) is 5.13. The lowest BCUT2D eigenvalue weighted by atomic mass is 10.2. The maximum absolute atomic E-state index is 12.2. The van der Waals surface area contributed by atoms with Crippen molar-refractivity contribution in [3.63, 3.8) is 0 Å². The molecule has 2 aromatic heterocycles. The normalized spacial score (nSPS) is 11.2. The first-order chi connectivity index (χ1) is 10.0. The monoisotopic (exact) mass is 301 g/mol. The van der Waals surface area contributed by atoms with E-state index in [-0.39, 0.29) is 11.8 Å². The second-order valence-corrected chi connectivity index (χ2v) is 6.09. The van der Waals surface area contributed by atoms with E-state index >= 15 is 0 Å². The van der Waals surface area contributed by atoms with Gasteiger partial charge >= 0.3 is 0 Å². The minimum Gasteiger partial charge on any atom is -0.320 e. The molecule has 0 spiro atoms. The Kier molecular flexibility index (Phi) is 3.42. The van der Waals surface area contributed by atoms with E-state index in [1.165, 1.54) is 11.3 Å². The van der Waals surface area contributed by atoms with Gasteiger partial charge in [0, 0.05) is 11.6 Å². The highest BCUT2D eigenvalue weighted by molar-refractivity contribution is 7.18. The molecule has 0 saturated carbocycles. The molecule has 3 aromatic rings. The SMILES string of the molecule is Cc1ccc(NC(=O)c2nn3c(C(C)C)nnc3s2)cc1. The molecule has 0 aliphatic carbocycles. The van der Waals surface area contributed by atoms with Crippen molar-refractivity contribution in [2.45, 2.75) is 26.7 Å². The number of hydrogen-bond acceptors (Lipinski definition) is 5. The number of anilines is 1. The van der Waals surface area contributed by atoms with Gasteiger partial charge < -0.3 is 5.32 Å². The Hall–Kier alpha value is -2.28. The van der Waals surface area contributed by atoms with Crippen LogP contribution < -0.4 is 5.32 Å². The summed E-state index contributed by atoms with van der Waals surface area (Å²) in [6.07, 6.45) is 0. The van der Waals surface area contributed by atoms with Crippen molar-refractivity contribution >= 4 is 27.9 Å². The van der Waals surface area contributed by atoms with E-state index in [0.717, 1.165) is 17.1 Å². The number of hydrogen-bond donors (Lipinski definition) is 1. The van der Waals surface area contributed by atoms with Crippen LogP contribution in [0.15, 0.2) is 24.3 Å². The van der Waals surface area contributed by atoms with Crippen LogP contribution in [-0.4, -0.2) is 25.7 Å². The molecule has 1 amide bonds. The van der Waals surface area contributed by atoms with E-state index in [0.29, 0.717) is 9.97 Å². The molecule has 0 fully saturated rings. The second kappa shape index (κ2) is 5.25. The molecule has 0 saturated heterocycles. The molecule has 1 aromatic carbocycles. The van der Waals surface area contributed by atoms with Crippen molar-refractivity contribution in [1.29, 1.82) is 0 Å². The van der Waals surface area contributed by atoms with Crippen molar-refractivity contribution < 1.29 is 4.79 Å². The van der Waals surface area contributed by atoms with Crippen LogP contribution in [0.4, 0.5) is 5.69 Å². The number of nitrogens with zero attached hydrogens (tertiary/aromatic N) is 4. The number of rotatable bonds is 3. The topological polar surface area (TPSA) is 72.2 Å². The van der Waals surface area contributed by atoms with Gasteiger partial charge in [-0.05, 0) is 19.1 Å². The van der Waals surface area contributed by atoms with Gasteiger partial charge in [-0.25, -0.2) is 0 Å². The highest BCUT2D eigenvalue weighted by Crippen LogP contribution is 2.19. The molecule has 2 heterocycles. The summed E-state index contributed by atoms with van der Waals surface area (Å²) in [7, 11) is 0. The highest BCUT2D eigenvalue weighted by Gasteiger charge is 2.18. The molecule has 0 atom stereocenters. The smallest absolute Gasteiger partial charge is 0.286 e. The third kappa shape index (κ3) is 2.64. The van der Waals surface area contributed by atoms with Gasteiger partial charge in [0.25, 0.3) is 5.91 Å². The van der Waals surface area contributed by atoms with Gasteiger partial charge in [-0.1, -0.05) is 42.9 Å². The lowest BCUT2D eigenvalue weighted by Crippen LogP contribution is -2.12. The number of carbonyl (C=O) groups is 1. The van der Waals surface area contributed by atoms with Gasteiger partial charge in [-0.3, -0.25) is 4.79 Å². The van der Waals surface area contributed by atoms with Gasteiger partial charge in [-0.2, -0.15) is 4.52 Å². The van der Waals surface area contributed by atoms with Gasteiger partial charge in [-0.15, -0.1) is 15.3 Å². The summed E-state index contributed by atoms with van der Waals surface area (Å²) in [6, 6.07) is 7.64. The lowest BCUT2D eigenvalue weighted by Gasteiger charge is -2.02. The predicted octanol–water partition coefficient (Wildman–Crippen LogP) is 2.87. The fourth-order valence-electron chi connectivity index (χ4n) is 1.91. The Balaban J connectivity index is 1.86. The van der Waals surface area contributed by atoms with Crippen molar-refractivity contribution in [2.24, 2.45) is 0 Å². The summed E-state index contributed by atoms with van der Waals surface area (Å²) in [5, 5.41) is 15.6. The minimum absolute atomic E-state index is 0.204. The van der Waals surface area contributed by atoms with Crippen molar-refractivity contribution in [1.82, 2.24) is 19.8 Å². The third-order valence-electron chi connectivity index (χ3n) is 3.04. The number of carbonyl (C=O) groups excluding carboxylic acids is 1. The van der Waals surface area contributed by atoms with E-state index in [2.05, 4.69) is 20.6 Å². The van der Waals surface area contributed by atoms with Crippen LogP contribution in [0.1, 0.15) is 41.0 Å². The van der Waals surface area contributed by atoms with Crippen LogP contribution >= 0.6 is 11.3 Å². The first-order valence-electron chi connectivity index (χ1n) is 6.65. The number of aryl methyl sites for hydroxylation is 1. The van der Waals surface area contributed by atoms with Gasteiger partial charge in [0.2, 0.25) is 9.97 Å². The molecular weight excluding hydrogens is 286 g/mol. The first kappa shape index (κ1) is 13.7. The Morgan fingerprint density at radius 3 is 2.62 bits per heavy atom. The van der Waals surface area contributed by atoms with E-state index in [9.17, 15) is 4.79 Å². The van der Waals surface area contributed by atoms with E-state index < -0.39 is 0 Å². The molecule has 1 N–H and O–H groups in total. The Bertz CT molecular complexity index is 787. The predicted molar refractivity (Wildman–Crippen MR) is 81.9 cm³/mol. The molecule has 3 rings (SSSR count). The van der Waals surface area contributed by atoms with Gasteiger partial charge in [0.1, 0.15) is 0 Å². The molecule has 0 radical (unpaired) electrons. The molecule has 0 aliphatic heterocycles. The summed E-state index contributed by atoms with van der Waals surface area (Å²) in [5.41, 5.74) is 1.90. The lowest BCUT2D eigenvalue weighted by molar-refractivity contribution is 0.102. The van der Waals surface area contributed by atoms with Crippen LogP contribution in [0.5, 0.6) is 0 Å². The summed E-state index contributed by atoms with van der Waals surface area (Å²) in [6.45, 7) is 6.03. The maximum atomic E-state index is 12.2. The van der Waals surface area contributed by atoms with Crippen LogP contribution in [0.2, 0.25) is 0 Å². The molecule has 0 unspecified atom stereocenters. The Labute approximate surface area is 125 Å². The standard InChI is InChI=1S/C14H15N5OS/c1-8(2)11-16-17-14-19(11)18-13(21-14)12(20)15-10-6-4-9(3)5-7-10/h4-8H,1-3H3,(H,15,20). The summed E-state index contributed by atoms with van der Waals surface area (Å²) >= 11 is 1.23. The van der Waals surface area contributed by atoms with Crippen LogP contribution in [0.25, 0.3) is 4.96 Å². The summed E-state index contributed by atoms with van der Waals surface area (Å²) in [4.78, 5) is 12.9. The molecular formula is C14H15N5OS. The zero-order valence-corrected chi connectivity index (χ0v) is 12.8. The van der Waals surface area contributed by atoms with Gasteiger partial charge in [0.15, 0.2) is 5.82 Å². The average Bonchev–Trinajstić information content (AvgIpc) is 3.00. The number of aromatic nitrogens is 4. The molecule has 7 heteroatoms. The van der Waals surface area contributed by atoms with Gasteiger partial charge in [0.05, 0.1) is 0 Å². The molecule has 108 valence electrons. The fourth-order valence-corrected chi connectivity index (χ4v) is 2.65. The van der Waals surface area contributed by atoms with Crippen molar-refractivity contribution in [3.8, 4) is 0 Å². The molecule has 21 heavy (non-hydrogen) atoms. The van der Waals surface area contributed by atoms with Crippen LogP contribution in [0.3, 0.4) is 0 Å². The quantitative estimate of drug-likeness (QED) is 0.807.